The lowest BCUT2D eigenvalue weighted by Crippen LogP contribution is -2.31. The van der Waals surface area contributed by atoms with Crippen molar-refractivity contribution in [3.8, 4) is 0 Å². The summed E-state index contributed by atoms with van der Waals surface area (Å²) in [5, 5.41) is 13.6. The molecule has 0 bridgehead atoms. The SMILES string of the molecule is Cc1[nH][nH]c(=O)c1CC[C@H](N)C(=O)O. The van der Waals surface area contributed by atoms with E-state index in [0.717, 1.165) is 5.69 Å². The molecule has 1 heterocycles. The van der Waals surface area contributed by atoms with Crippen molar-refractivity contribution in [2.45, 2.75) is 25.8 Å². The molecule has 1 aromatic heterocycles. The fourth-order valence-electron chi connectivity index (χ4n) is 1.20. The lowest BCUT2D eigenvalue weighted by molar-refractivity contribution is -0.138. The van der Waals surface area contributed by atoms with Crippen LogP contribution in [0.2, 0.25) is 0 Å². The molecule has 0 amide bonds. The van der Waals surface area contributed by atoms with Crippen LogP contribution in [-0.4, -0.2) is 27.3 Å². The molecular weight excluding hydrogens is 186 g/mol. The van der Waals surface area contributed by atoms with Crippen molar-refractivity contribution in [2.24, 2.45) is 5.73 Å². The van der Waals surface area contributed by atoms with E-state index in [-0.39, 0.29) is 12.0 Å². The largest absolute Gasteiger partial charge is 0.480 e. The number of hydrogen-bond donors (Lipinski definition) is 4. The number of carbonyl (C=O) groups is 1. The summed E-state index contributed by atoms with van der Waals surface area (Å²) >= 11 is 0. The van der Waals surface area contributed by atoms with Crippen LogP contribution in [0.1, 0.15) is 17.7 Å². The minimum absolute atomic E-state index is 0.208. The van der Waals surface area contributed by atoms with Gasteiger partial charge >= 0.3 is 5.97 Å². The predicted octanol–water partition coefficient (Wildman–Crippen LogP) is -0.644. The van der Waals surface area contributed by atoms with E-state index in [1.165, 1.54) is 0 Å². The monoisotopic (exact) mass is 199 g/mol. The van der Waals surface area contributed by atoms with Crippen LogP contribution in [-0.2, 0) is 11.2 Å². The molecule has 1 aromatic rings. The Morgan fingerprint density at radius 3 is 2.64 bits per heavy atom. The van der Waals surface area contributed by atoms with Crippen molar-refractivity contribution in [1.82, 2.24) is 10.2 Å². The summed E-state index contributed by atoms with van der Waals surface area (Å²) in [4.78, 5) is 21.6. The number of nitrogens with one attached hydrogen (secondary N) is 2. The van der Waals surface area contributed by atoms with Crippen molar-refractivity contribution in [1.29, 1.82) is 0 Å². The maximum atomic E-state index is 11.1. The van der Waals surface area contributed by atoms with Crippen LogP contribution >= 0.6 is 0 Å². The smallest absolute Gasteiger partial charge is 0.320 e. The number of H-pyrrole nitrogens is 2. The quantitative estimate of drug-likeness (QED) is 0.516. The number of carboxylic acids is 1. The topological polar surface area (TPSA) is 112 Å². The van der Waals surface area contributed by atoms with Gasteiger partial charge in [0.2, 0.25) is 0 Å². The van der Waals surface area contributed by atoms with Gasteiger partial charge in [-0.3, -0.25) is 14.7 Å². The zero-order valence-electron chi connectivity index (χ0n) is 7.83. The normalized spacial score (nSPS) is 12.7. The Morgan fingerprint density at radius 1 is 1.57 bits per heavy atom. The molecule has 1 rings (SSSR count). The number of rotatable bonds is 4. The van der Waals surface area contributed by atoms with Gasteiger partial charge in [0.15, 0.2) is 0 Å². The van der Waals surface area contributed by atoms with E-state index < -0.39 is 12.0 Å². The van der Waals surface area contributed by atoms with Gasteiger partial charge in [0.25, 0.3) is 5.56 Å². The first-order valence-electron chi connectivity index (χ1n) is 4.27. The van der Waals surface area contributed by atoms with Crippen molar-refractivity contribution in [3.63, 3.8) is 0 Å². The molecule has 0 saturated heterocycles. The molecule has 1 atom stereocenters. The maximum Gasteiger partial charge on any atom is 0.320 e. The van der Waals surface area contributed by atoms with Gasteiger partial charge in [-0.2, -0.15) is 0 Å². The molecule has 78 valence electrons. The second-order valence-electron chi connectivity index (χ2n) is 3.17. The van der Waals surface area contributed by atoms with E-state index in [9.17, 15) is 9.59 Å². The van der Waals surface area contributed by atoms with Gasteiger partial charge in [-0.25, -0.2) is 0 Å². The molecule has 0 aliphatic rings. The summed E-state index contributed by atoms with van der Waals surface area (Å²) in [7, 11) is 0. The van der Waals surface area contributed by atoms with Crippen LogP contribution in [0.3, 0.4) is 0 Å². The summed E-state index contributed by atoms with van der Waals surface area (Å²) in [5.74, 6) is -1.05. The third-order valence-electron chi connectivity index (χ3n) is 2.11. The highest BCUT2D eigenvalue weighted by Gasteiger charge is 2.13. The number of hydrogen-bond acceptors (Lipinski definition) is 3. The molecule has 14 heavy (non-hydrogen) atoms. The Balaban J connectivity index is 2.62. The predicted molar refractivity (Wildman–Crippen MR) is 50.1 cm³/mol. The molecule has 0 aromatic carbocycles. The summed E-state index contributed by atoms with van der Waals surface area (Å²) < 4.78 is 0. The number of nitrogens with two attached hydrogens (primary N) is 1. The number of aromatic nitrogens is 2. The van der Waals surface area contributed by atoms with Gasteiger partial charge in [0.1, 0.15) is 6.04 Å². The second-order valence-corrected chi connectivity index (χ2v) is 3.17. The van der Waals surface area contributed by atoms with Gasteiger partial charge in [-0.05, 0) is 19.8 Å². The molecule has 5 N–H and O–H groups in total. The minimum Gasteiger partial charge on any atom is -0.480 e. The first-order valence-corrected chi connectivity index (χ1v) is 4.27. The van der Waals surface area contributed by atoms with Crippen molar-refractivity contribution >= 4 is 5.97 Å². The lowest BCUT2D eigenvalue weighted by atomic mass is 10.1. The average molecular weight is 199 g/mol. The van der Waals surface area contributed by atoms with E-state index in [0.29, 0.717) is 12.0 Å². The summed E-state index contributed by atoms with van der Waals surface area (Å²) in [5.41, 5.74) is 6.40. The Morgan fingerprint density at radius 2 is 2.21 bits per heavy atom. The van der Waals surface area contributed by atoms with Crippen LogP contribution in [0.15, 0.2) is 4.79 Å². The fourth-order valence-corrected chi connectivity index (χ4v) is 1.20. The van der Waals surface area contributed by atoms with E-state index in [1.54, 1.807) is 6.92 Å². The zero-order valence-corrected chi connectivity index (χ0v) is 7.83. The molecule has 0 aliphatic heterocycles. The van der Waals surface area contributed by atoms with E-state index in [4.69, 9.17) is 10.8 Å². The molecule has 6 nitrogen and oxygen atoms in total. The Labute approximate surface area is 80.1 Å². The lowest BCUT2D eigenvalue weighted by Gasteiger charge is -2.04. The molecule has 0 aliphatic carbocycles. The average Bonchev–Trinajstić information content (AvgIpc) is 2.43. The van der Waals surface area contributed by atoms with Crippen LogP contribution in [0, 0.1) is 6.92 Å². The minimum atomic E-state index is -1.05. The van der Waals surface area contributed by atoms with Gasteiger partial charge in [0.05, 0.1) is 0 Å². The zero-order chi connectivity index (χ0) is 10.7. The van der Waals surface area contributed by atoms with Gasteiger partial charge in [-0.15, -0.1) is 0 Å². The van der Waals surface area contributed by atoms with E-state index in [1.807, 2.05) is 0 Å². The first-order chi connectivity index (χ1) is 6.52. The molecule has 0 unspecified atom stereocenters. The van der Waals surface area contributed by atoms with Gasteiger partial charge < -0.3 is 15.9 Å². The summed E-state index contributed by atoms with van der Waals surface area (Å²) in [6, 6.07) is -0.913. The van der Waals surface area contributed by atoms with E-state index >= 15 is 0 Å². The summed E-state index contributed by atoms with van der Waals surface area (Å²) in [6.07, 6.45) is 0.634. The second kappa shape index (κ2) is 4.10. The molecule has 0 fully saturated rings. The number of aryl methyl sites for hydroxylation is 1. The van der Waals surface area contributed by atoms with Gasteiger partial charge in [0, 0.05) is 11.3 Å². The Bertz CT molecular complexity index is 379. The standard InChI is InChI=1S/C8H13N3O3/c1-4-5(7(12)11-10-4)2-3-6(9)8(13)14/h6H,2-3,9H2,1H3,(H,13,14)(H2,10,11,12)/t6-/m0/s1. The summed E-state index contributed by atoms with van der Waals surface area (Å²) in [6.45, 7) is 1.75. The number of aromatic amines is 2. The molecule has 0 saturated carbocycles. The van der Waals surface area contributed by atoms with Crippen molar-refractivity contribution in [3.05, 3.63) is 21.6 Å². The van der Waals surface area contributed by atoms with Crippen molar-refractivity contribution < 1.29 is 9.90 Å². The van der Waals surface area contributed by atoms with Crippen LogP contribution in [0.5, 0.6) is 0 Å². The molecule has 0 spiro atoms. The Kier molecular flexibility index (Phi) is 3.08. The fraction of sp³-hybridized carbons (Fsp3) is 0.500. The molecule has 0 radical (unpaired) electrons. The number of carboxylic acid groups (broad SMARTS) is 1. The van der Waals surface area contributed by atoms with Crippen LogP contribution in [0.4, 0.5) is 0 Å². The van der Waals surface area contributed by atoms with Gasteiger partial charge in [-0.1, -0.05) is 0 Å². The highest BCUT2D eigenvalue weighted by molar-refractivity contribution is 5.73. The van der Waals surface area contributed by atoms with Crippen LogP contribution < -0.4 is 11.3 Å². The van der Waals surface area contributed by atoms with Crippen molar-refractivity contribution in [2.75, 3.05) is 0 Å². The highest BCUT2D eigenvalue weighted by Crippen LogP contribution is 2.02. The number of aliphatic carboxylic acids is 1. The molecule has 6 heteroatoms. The highest BCUT2D eigenvalue weighted by atomic mass is 16.4. The third kappa shape index (κ3) is 2.23. The first kappa shape index (κ1) is 10.5. The maximum absolute atomic E-state index is 11.1. The Hall–Kier alpha value is -1.56. The third-order valence-corrected chi connectivity index (χ3v) is 2.11. The molecular formula is C8H13N3O3. The van der Waals surface area contributed by atoms with Crippen LogP contribution in [0.25, 0.3) is 0 Å². The van der Waals surface area contributed by atoms with E-state index in [2.05, 4.69) is 10.2 Å².